The van der Waals surface area contributed by atoms with Gasteiger partial charge in [0, 0.05) is 30.4 Å². The first-order chi connectivity index (χ1) is 11.7. The number of sulfonamides is 1. The molecule has 25 heavy (non-hydrogen) atoms. The number of nitrogens with zero attached hydrogens (tertiary/aromatic N) is 2. The Morgan fingerprint density at radius 1 is 1.08 bits per heavy atom. The zero-order valence-corrected chi connectivity index (χ0v) is 13.2. The molecule has 2 aromatic rings. The second-order valence-electron chi connectivity index (χ2n) is 4.54. The first-order valence-electron chi connectivity index (χ1n) is 6.62. The van der Waals surface area contributed by atoms with Gasteiger partial charge in [0.1, 0.15) is 0 Å². The van der Waals surface area contributed by atoms with Gasteiger partial charge >= 0.3 is 6.18 Å². The predicted octanol–water partition coefficient (Wildman–Crippen LogP) is 2.33. The fourth-order valence-electron chi connectivity index (χ4n) is 1.57. The Kier molecular flexibility index (Phi) is 5.37. The van der Waals surface area contributed by atoms with Crippen molar-refractivity contribution < 1.29 is 26.4 Å². The molecule has 0 unspecified atom stereocenters. The molecule has 0 saturated carbocycles. The van der Waals surface area contributed by atoms with Crippen LogP contribution in [-0.2, 0) is 14.8 Å². The predicted molar refractivity (Wildman–Crippen MR) is 83.1 cm³/mol. The van der Waals surface area contributed by atoms with Gasteiger partial charge in [-0.05, 0) is 30.3 Å². The molecule has 0 atom stereocenters. The summed E-state index contributed by atoms with van der Waals surface area (Å²) in [5, 5.41) is 2.43. The lowest BCUT2D eigenvalue weighted by Crippen LogP contribution is -2.20. The summed E-state index contributed by atoms with van der Waals surface area (Å²) in [5.74, 6) is -2.11. The van der Waals surface area contributed by atoms with E-state index >= 15 is 0 Å². The zero-order valence-electron chi connectivity index (χ0n) is 12.4. The molecule has 0 fully saturated rings. The highest BCUT2D eigenvalue weighted by Gasteiger charge is 2.36. The van der Waals surface area contributed by atoms with E-state index in [9.17, 15) is 26.4 Å². The van der Waals surface area contributed by atoms with Crippen LogP contribution in [0.25, 0.3) is 0 Å². The van der Waals surface area contributed by atoms with Crippen LogP contribution < -0.4 is 10.0 Å². The number of anilines is 2. The van der Waals surface area contributed by atoms with Crippen molar-refractivity contribution in [1.29, 1.82) is 0 Å². The molecule has 2 rings (SSSR count). The molecule has 1 heterocycles. The fourth-order valence-corrected chi connectivity index (χ4v) is 2.53. The van der Waals surface area contributed by atoms with Crippen molar-refractivity contribution in [1.82, 2.24) is 9.97 Å². The topological polar surface area (TPSA) is 101 Å². The van der Waals surface area contributed by atoms with Crippen LogP contribution in [-0.4, -0.2) is 30.3 Å². The SMILES string of the molecule is O=C(C=CNc1ccc(S(=O)(=O)Nc2ncccn2)cc1)C(F)(F)F. The number of aromatic nitrogens is 2. The van der Waals surface area contributed by atoms with E-state index in [2.05, 4.69) is 20.0 Å². The summed E-state index contributed by atoms with van der Waals surface area (Å²) in [5.41, 5.74) is 0.293. The Morgan fingerprint density at radius 2 is 1.68 bits per heavy atom. The second kappa shape index (κ2) is 7.30. The molecule has 0 radical (unpaired) electrons. The Bertz CT molecular complexity index is 866. The summed E-state index contributed by atoms with van der Waals surface area (Å²) in [7, 11) is -3.91. The molecule has 11 heteroatoms. The van der Waals surface area contributed by atoms with Crippen molar-refractivity contribution in [3.05, 3.63) is 55.0 Å². The van der Waals surface area contributed by atoms with Crippen molar-refractivity contribution in [2.24, 2.45) is 0 Å². The number of nitrogens with one attached hydrogen (secondary N) is 2. The minimum Gasteiger partial charge on any atom is -0.362 e. The highest BCUT2D eigenvalue weighted by Crippen LogP contribution is 2.18. The largest absolute Gasteiger partial charge is 0.454 e. The minimum atomic E-state index is -4.94. The summed E-state index contributed by atoms with van der Waals surface area (Å²) in [6, 6.07) is 6.63. The van der Waals surface area contributed by atoms with Crippen molar-refractivity contribution in [2.75, 3.05) is 10.0 Å². The van der Waals surface area contributed by atoms with E-state index in [-0.39, 0.29) is 10.8 Å². The number of carbonyl (C=O) groups excluding carboxylic acids is 1. The molecule has 132 valence electrons. The molecule has 0 bridgehead atoms. The van der Waals surface area contributed by atoms with E-state index in [0.29, 0.717) is 11.8 Å². The maximum Gasteiger partial charge on any atom is 0.454 e. The summed E-state index contributed by atoms with van der Waals surface area (Å²) >= 11 is 0. The smallest absolute Gasteiger partial charge is 0.362 e. The Hall–Kier alpha value is -2.95. The summed E-state index contributed by atoms with van der Waals surface area (Å²) in [4.78, 5) is 18.0. The Morgan fingerprint density at radius 3 is 2.24 bits per heavy atom. The molecule has 1 aromatic heterocycles. The highest BCUT2D eigenvalue weighted by atomic mass is 32.2. The maximum absolute atomic E-state index is 12.1. The van der Waals surface area contributed by atoms with E-state index in [1.165, 1.54) is 42.7 Å². The first-order valence-corrected chi connectivity index (χ1v) is 8.11. The first kappa shape index (κ1) is 18.4. The van der Waals surface area contributed by atoms with E-state index < -0.39 is 22.0 Å². The third kappa shape index (κ3) is 5.28. The third-order valence-electron chi connectivity index (χ3n) is 2.72. The number of benzene rings is 1. The molecule has 0 aliphatic heterocycles. The zero-order chi connectivity index (χ0) is 18.5. The highest BCUT2D eigenvalue weighted by molar-refractivity contribution is 7.92. The lowest BCUT2D eigenvalue weighted by molar-refractivity contribution is -0.165. The maximum atomic E-state index is 12.1. The van der Waals surface area contributed by atoms with Gasteiger partial charge in [0.05, 0.1) is 4.90 Å². The van der Waals surface area contributed by atoms with Crippen LogP contribution in [0.15, 0.2) is 59.9 Å². The standard InChI is InChI=1S/C14H11F3N4O3S/c15-14(16,17)12(22)6-9-18-10-2-4-11(5-3-10)25(23,24)21-13-19-7-1-8-20-13/h1-9,18H,(H,19,20,21). The van der Waals surface area contributed by atoms with E-state index in [1.54, 1.807) is 0 Å². The molecule has 0 amide bonds. The number of rotatable bonds is 6. The molecule has 0 aliphatic rings. The van der Waals surface area contributed by atoms with Gasteiger partial charge in [0.15, 0.2) is 0 Å². The molecule has 0 saturated heterocycles. The summed E-state index contributed by atoms with van der Waals surface area (Å²) in [6.07, 6.45) is -1.06. The molecule has 7 nitrogen and oxygen atoms in total. The minimum absolute atomic E-state index is 0.0964. The fraction of sp³-hybridized carbons (Fsp3) is 0.0714. The van der Waals surface area contributed by atoms with Crippen molar-refractivity contribution in [2.45, 2.75) is 11.1 Å². The lowest BCUT2D eigenvalue weighted by Gasteiger charge is -2.07. The van der Waals surface area contributed by atoms with Gasteiger partial charge in [-0.3, -0.25) is 4.79 Å². The van der Waals surface area contributed by atoms with Crippen LogP contribution in [0.5, 0.6) is 0 Å². The van der Waals surface area contributed by atoms with Crippen LogP contribution in [0.4, 0.5) is 24.8 Å². The number of ketones is 1. The van der Waals surface area contributed by atoms with Gasteiger partial charge in [-0.1, -0.05) is 0 Å². The van der Waals surface area contributed by atoms with Gasteiger partial charge in [0.25, 0.3) is 15.8 Å². The molecular formula is C14H11F3N4O3S. The van der Waals surface area contributed by atoms with Crippen LogP contribution in [0.2, 0.25) is 0 Å². The van der Waals surface area contributed by atoms with E-state index in [0.717, 1.165) is 6.20 Å². The van der Waals surface area contributed by atoms with Crippen LogP contribution in [0, 0.1) is 0 Å². The number of allylic oxidation sites excluding steroid dienone is 1. The Balaban J connectivity index is 2.04. The average molecular weight is 372 g/mol. The molecule has 0 spiro atoms. The van der Waals surface area contributed by atoms with Crippen molar-refractivity contribution >= 4 is 27.4 Å². The monoisotopic (exact) mass is 372 g/mol. The van der Waals surface area contributed by atoms with Gasteiger partial charge < -0.3 is 5.32 Å². The van der Waals surface area contributed by atoms with Gasteiger partial charge in [-0.15, -0.1) is 0 Å². The van der Waals surface area contributed by atoms with E-state index in [1.807, 2.05) is 0 Å². The number of alkyl halides is 3. The third-order valence-corrected chi connectivity index (χ3v) is 4.06. The quantitative estimate of drug-likeness (QED) is 0.755. The number of hydrogen-bond donors (Lipinski definition) is 2. The van der Waals surface area contributed by atoms with Crippen LogP contribution in [0.3, 0.4) is 0 Å². The number of halogens is 3. The van der Waals surface area contributed by atoms with Gasteiger partial charge in [0.2, 0.25) is 5.95 Å². The van der Waals surface area contributed by atoms with Crippen molar-refractivity contribution in [3.8, 4) is 0 Å². The summed E-state index contributed by atoms with van der Waals surface area (Å²) < 4.78 is 62.5. The van der Waals surface area contributed by atoms with E-state index in [4.69, 9.17) is 0 Å². The molecular weight excluding hydrogens is 361 g/mol. The van der Waals surface area contributed by atoms with Crippen LogP contribution in [0.1, 0.15) is 0 Å². The number of hydrogen-bond acceptors (Lipinski definition) is 6. The van der Waals surface area contributed by atoms with Crippen LogP contribution >= 0.6 is 0 Å². The molecule has 0 aliphatic carbocycles. The van der Waals surface area contributed by atoms with Gasteiger partial charge in [-0.2, -0.15) is 13.2 Å². The molecule has 2 N–H and O–H groups in total. The Labute approximate surface area is 140 Å². The van der Waals surface area contributed by atoms with Gasteiger partial charge in [-0.25, -0.2) is 23.1 Å². The average Bonchev–Trinajstić information content (AvgIpc) is 2.55. The normalized spacial score (nSPS) is 12.1. The lowest BCUT2D eigenvalue weighted by atomic mass is 10.3. The second-order valence-corrected chi connectivity index (χ2v) is 6.22. The molecule has 1 aromatic carbocycles. The summed E-state index contributed by atoms with van der Waals surface area (Å²) in [6.45, 7) is 0. The number of carbonyl (C=O) groups is 1. The van der Waals surface area contributed by atoms with Crippen molar-refractivity contribution in [3.63, 3.8) is 0 Å².